The summed E-state index contributed by atoms with van der Waals surface area (Å²) in [4.78, 5) is 13.7. The van der Waals surface area contributed by atoms with E-state index in [4.69, 9.17) is 5.73 Å². The summed E-state index contributed by atoms with van der Waals surface area (Å²) in [5.74, 6) is -0.523. The molecule has 2 rings (SSSR count). The first-order valence-electron chi connectivity index (χ1n) is 7.26. The second-order valence-electron chi connectivity index (χ2n) is 4.86. The molecule has 0 radical (unpaired) electrons. The van der Waals surface area contributed by atoms with Gasteiger partial charge >= 0.3 is 0 Å². The van der Waals surface area contributed by atoms with Crippen molar-refractivity contribution in [3.63, 3.8) is 0 Å². The number of halogens is 2. The normalized spacial score (nSPS) is 12.0. The number of nitrogens with one attached hydrogen (secondary N) is 3. The minimum absolute atomic E-state index is 0.0618. The van der Waals surface area contributed by atoms with Gasteiger partial charge in [-0.1, -0.05) is 0 Å². The van der Waals surface area contributed by atoms with Crippen molar-refractivity contribution in [3.8, 4) is 0 Å². The number of aliphatic imine (C=N–C) groups is 1. The number of benzene rings is 1. The van der Waals surface area contributed by atoms with Crippen molar-refractivity contribution in [3.05, 3.63) is 56.3 Å². The second kappa shape index (κ2) is 9.44. The molecule has 1 heterocycles. The summed E-state index contributed by atoms with van der Waals surface area (Å²) in [6, 6.07) is 4.00. The molecule has 0 amide bonds. The van der Waals surface area contributed by atoms with Crippen LogP contribution in [0.2, 0.25) is 0 Å². The van der Waals surface area contributed by atoms with Gasteiger partial charge in [0.05, 0.1) is 15.1 Å². The van der Waals surface area contributed by atoms with Gasteiger partial charge < -0.3 is 16.4 Å². The number of amidine groups is 1. The van der Waals surface area contributed by atoms with Gasteiger partial charge in [-0.25, -0.2) is 14.0 Å². The van der Waals surface area contributed by atoms with E-state index in [1.54, 1.807) is 0 Å². The number of aromatic nitrogens is 2. The summed E-state index contributed by atoms with van der Waals surface area (Å²) in [5, 5.41) is 32.3. The Hall–Kier alpha value is -3.26. The third-order valence-electron chi connectivity index (χ3n) is 2.95. The highest BCUT2D eigenvalue weighted by Gasteiger charge is 2.16. The van der Waals surface area contributed by atoms with Crippen LogP contribution in [-0.2, 0) is 0 Å². The molecule has 0 saturated heterocycles. The van der Waals surface area contributed by atoms with Crippen LogP contribution in [0.25, 0.3) is 0 Å². The zero-order valence-electron chi connectivity index (χ0n) is 13.5. The number of hydrogen-bond donors (Lipinski definition) is 5. The number of nitrogens with two attached hydrogens (primary N) is 1. The first kappa shape index (κ1) is 20.1. The molecule has 12 nitrogen and oxygen atoms in total. The van der Waals surface area contributed by atoms with Crippen LogP contribution in [0.4, 0.5) is 15.9 Å². The van der Waals surface area contributed by atoms with Crippen molar-refractivity contribution in [1.29, 1.82) is 0 Å². The average molecular weight is 445 g/mol. The molecule has 0 bridgehead atoms. The quantitative estimate of drug-likeness (QED) is 0.130. The fraction of sp³-hybridized carbons (Fsp3) is 0.154. The molecule has 2 aromatic rings. The Bertz CT molecular complexity index is 872. The average Bonchev–Trinajstić information content (AvgIpc) is 3.07. The minimum Gasteiger partial charge on any atom is -0.380 e. The van der Waals surface area contributed by atoms with Crippen LogP contribution in [0.1, 0.15) is 5.69 Å². The van der Waals surface area contributed by atoms with Gasteiger partial charge in [0.15, 0.2) is 17.4 Å². The van der Waals surface area contributed by atoms with Crippen molar-refractivity contribution in [2.24, 2.45) is 10.7 Å². The van der Waals surface area contributed by atoms with Crippen LogP contribution in [0, 0.1) is 15.9 Å². The van der Waals surface area contributed by atoms with E-state index in [0.717, 1.165) is 0 Å². The van der Waals surface area contributed by atoms with E-state index in [2.05, 4.69) is 46.5 Å². The molecule has 0 atom stereocenters. The Morgan fingerprint density at radius 1 is 1.48 bits per heavy atom. The topological polar surface area (TPSA) is 177 Å². The number of hydrogen-bond acceptors (Lipinski definition) is 10. The Morgan fingerprint density at radius 2 is 2.26 bits per heavy atom. The van der Waals surface area contributed by atoms with Crippen LogP contribution >= 0.6 is 15.9 Å². The molecule has 0 aliphatic heterocycles. The van der Waals surface area contributed by atoms with Gasteiger partial charge in [-0.2, -0.15) is 0 Å². The molecule has 0 spiro atoms. The lowest BCUT2D eigenvalue weighted by Gasteiger charge is -2.07. The maximum atomic E-state index is 13.3. The van der Waals surface area contributed by atoms with E-state index in [-0.39, 0.29) is 40.7 Å². The molecule has 0 aliphatic carbocycles. The smallest absolute Gasteiger partial charge is 0.273 e. The predicted octanol–water partition coefficient (Wildman–Crippen LogP) is 1.06. The lowest BCUT2D eigenvalue weighted by atomic mass is 10.3. The van der Waals surface area contributed by atoms with Crippen LogP contribution < -0.4 is 21.8 Å². The summed E-state index contributed by atoms with van der Waals surface area (Å²) in [5.41, 5.74) is 7.65. The molecule has 1 aromatic carbocycles. The Labute approximate surface area is 159 Å². The maximum Gasteiger partial charge on any atom is 0.273 e. The van der Waals surface area contributed by atoms with E-state index in [1.165, 1.54) is 18.2 Å². The highest BCUT2D eigenvalue weighted by molar-refractivity contribution is 9.10. The Morgan fingerprint density at radius 3 is 2.93 bits per heavy atom. The zero-order valence-corrected chi connectivity index (χ0v) is 15.1. The SMILES string of the molecule is NC(=C[N+](=O)[O-])NCCNc1nonc1C(=Nc1ccc(F)c(Br)c1)NO. The fourth-order valence-corrected chi connectivity index (χ4v) is 2.19. The lowest BCUT2D eigenvalue weighted by Crippen LogP contribution is -2.27. The van der Waals surface area contributed by atoms with E-state index in [0.29, 0.717) is 11.9 Å². The van der Waals surface area contributed by atoms with Gasteiger partial charge in [-0.3, -0.25) is 20.8 Å². The van der Waals surface area contributed by atoms with Crippen molar-refractivity contribution in [2.75, 3.05) is 18.4 Å². The monoisotopic (exact) mass is 444 g/mol. The molecular weight excluding hydrogens is 431 g/mol. The fourth-order valence-electron chi connectivity index (χ4n) is 1.82. The summed E-state index contributed by atoms with van der Waals surface area (Å²) < 4.78 is 18.1. The molecule has 27 heavy (non-hydrogen) atoms. The first-order valence-corrected chi connectivity index (χ1v) is 8.05. The summed E-state index contributed by atoms with van der Waals surface area (Å²) in [7, 11) is 0. The van der Waals surface area contributed by atoms with Gasteiger partial charge in [0.2, 0.25) is 5.82 Å². The third-order valence-corrected chi connectivity index (χ3v) is 3.56. The predicted molar refractivity (Wildman–Crippen MR) is 95.3 cm³/mol. The van der Waals surface area contributed by atoms with E-state index in [9.17, 15) is 19.7 Å². The number of nitrogens with zero attached hydrogens (tertiary/aromatic N) is 4. The second-order valence-corrected chi connectivity index (χ2v) is 5.71. The molecule has 1 aromatic heterocycles. The Kier molecular flexibility index (Phi) is 7.01. The zero-order chi connectivity index (χ0) is 19.8. The molecular formula is C13H14BrFN8O4. The molecule has 144 valence electrons. The highest BCUT2D eigenvalue weighted by atomic mass is 79.9. The number of rotatable bonds is 8. The summed E-state index contributed by atoms with van der Waals surface area (Å²) in [6.07, 6.45) is 0.629. The van der Waals surface area contributed by atoms with Gasteiger partial charge in [-0.05, 0) is 44.4 Å². The molecule has 6 N–H and O–H groups in total. The van der Waals surface area contributed by atoms with Gasteiger partial charge in [0.1, 0.15) is 5.82 Å². The van der Waals surface area contributed by atoms with Crippen LogP contribution in [0.5, 0.6) is 0 Å². The molecule has 14 heteroatoms. The Balaban J connectivity index is 2.06. The van der Waals surface area contributed by atoms with E-state index >= 15 is 0 Å². The summed E-state index contributed by atoms with van der Waals surface area (Å²) in [6.45, 7) is 0.473. The van der Waals surface area contributed by atoms with E-state index in [1.807, 2.05) is 5.48 Å². The number of hydroxylamine groups is 1. The highest BCUT2D eigenvalue weighted by Crippen LogP contribution is 2.23. The number of nitro groups is 1. The van der Waals surface area contributed by atoms with Crippen LogP contribution in [-0.4, -0.2) is 39.4 Å². The van der Waals surface area contributed by atoms with Crippen LogP contribution in [0.15, 0.2) is 44.3 Å². The third kappa shape index (κ3) is 5.89. The maximum absolute atomic E-state index is 13.3. The standard InChI is InChI=1S/C13H14BrFN8O4/c14-8-5-7(1-2-9(8)15)19-13(20-24)11-12(22-27-21-11)18-4-3-17-10(16)6-23(25)26/h1-2,5-6,17,24H,3-4,16H2,(H,18,22)(H,19,20). The molecule has 0 saturated carbocycles. The van der Waals surface area contributed by atoms with Crippen molar-refractivity contribution < 1.29 is 19.2 Å². The van der Waals surface area contributed by atoms with Gasteiger partial charge in [0.25, 0.3) is 6.20 Å². The van der Waals surface area contributed by atoms with Crippen molar-refractivity contribution in [1.82, 2.24) is 21.1 Å². The van der Waals surface area contributed by atoms with Gasteiger partial charge in [0, 0.05) is 13.1 Å². The summed E-state index contributed by atoms with van der Waals surface area (Å²) >= 11 is 3.04. The number of anilines is 1. The lowest BCUT2D eigenvalue weighted by molar-refractivity contribution is -0.403. The van der Waals surface area contributed by atoms with Crippen LogP contribution in [0.3, 0.4) is 0 Å². The van der Waals surface area contributed by atoms with E-state index < -0.39 is 10.7 Å². The largest absolute Gasteiger partial charge is 0.380 e. The first-order chi connectivity index (χ1) is 12.9. The molecule has 0 unspecified atom stereocenters. The minimum atomic E-state index is -0.682. The molecule has 0 aliphatic rings. The molecule has 0 fully saturated rings. The van der Waals surface area contributed by atoms with Crippen molar-refractivity contribution in [2.45, 2.75) is 0 Å². The van der Waals surface area contributed by atoms with Crippen molar-refractivity contribution >= 4 is 33.3 Å². The van der Waals surface area contributed by atoms with Gasteiger partial charge in [-0.15, -0.1) is 0 Å².